The average molecular weight is 245 g/mol. The number of nitrogens with zero attached hydrogens (tertiary/aromatic N) is 1. The first-order valence-corrected chi connectivity index (χ1v) is 5.34. The van der Waals surface area contributed by atoms with Gasteiger partial charge in [-0.25, -0.2) is 4.39 Å². The van der Waals surface area contributed by atoms with E-state index in [9.17, 15) is 9.18 Å². The number of benzene rings is 1. The number of nitrogens with one attached hydrogen (secondary N) is 1. The molecule has 4 nitrogen and oxygen atoms in total. The van der Waals surface area contributed by atoms with Crippen LogP contribution < -0.4 is 11.1 Å². The molecule has 3 N–H and O–H groups in total. The molecule has 18 heavy (non-hydrogen) atoms. The highest BCUT2D eigenvalue weighted by atomic mass is 19.1. The molecular weight excluding hydrogens is 233 g/mol. The van der Waals surface area contributed by atoms with Crippen LogP contribution >= 0.6 is 0 Å². The van der Waals surface area contributed by atoms with Crippen molar-refractivity contribution in [3.8, 4) is 0 Å². The zero-order valence-corrected chi connectivity index (χ0v) is 9.77. The third kappa shape index (κ3) is 2.82. The fourth-order valence-corrected chi connectivity index (χ4v) is 1.57. The number of hydrogen-bond acceptors (Lipinski definition) is 3. The molecule has 1 aromatic heterocycles. The van der Waals surface area contributed by atoms with Crippen molar-refractivity contribution in [2.45, 2.75) is 6.92 Å². The summed E-state index contributed by atoms with van der Waals surface area (Å²) in [5.74, 6) is -0.946. The van der Waals surface area contributed by atoms with Crippen LogP contribution in [0.15, 0.2) is 36.5 Å². The van der Waals surface area contributed by atoms with Crippen molar-refractivity contribution in [1.82, 2.24) is 4.98 Å². The SMILES string of the molecule is Cc1cc(NC(=O)c2cc(N)cc(F)c2)ccn1. The summed E-state index contributed by atoms with van der Waals surface area (Å²) in [6.45, 7) is 1.82. The molecule has 2 rings (SSSR count). The molecule has 0 spiro atoms. The van der Waals surface area contributed by atoms with Crippen LogP contribution in [-0.4, -0.2) is 10.9 Å². The Balaban J connectivity index is 2.22. The first kappa shape index (κ1) is 12.0. The molecule has 0 saturated heterocycles. The van der Waals surface area contributed by atoms with Gasteiger partial charge < -0.3 is 11.1 Å². The number of amides is 1. The van der Waals surface area contributed by atoms with Gasteiger partial charge in [0.2, 0.25) is 0 Å². The van der Waals surface area contributed by atoms with Gasteiger partial charge in [-0.15, -0.1) is 0 Å². The van der Waals surface area contributed by atoms with Crippen LogP contribution in [0.1, 0.15) is 16.1 Å². The van der Waals surface area contributed by atoms with Gasteiger partial charge in [0.05, 0.1) is 0 Å². The lowest BCUT2D eigenvalue weighted by Gasteiger charge is -2.06. The maximum atomic E-state index is 13.1. The summed E-state index contributed by atoms with van der Waals surface area (Å²) >= 11 is 0. The van der Waals surface area contributed by atoms with E-state index < -0.39 is 11.7 Å². The second kappa shape index (κ2) is 4.83. The minimum atomic E-state index is -0.536. The normalized spacial score (nSPS) is 10.1. The average Bonchev–Trinajstić information content (AvgIpc) is 2.27. The van der Waals surface area contributed by atoms with E-state index in [4.69, 9.17) is 5.73 Å². The van der Waals surface area contributed by atoms with E-state index in [1.165, 1.54) is 6.07 Å². The minimum Gasteiger partial charge on any atom is -0.399 e. The smallest absolute Gasteiger partial charge is 0.255 e. The van der Waals surface area contributed by atoms with Crippen molar-refractivity contribution >= 4 is 17.3 Å². The van der Waals surface area contributed by atoms with E-state index in [-0.39, 0.29) is 11.3 Å². The van der Waals surface area contributed by atoms with Crippen LogP contribution in [0, 0.1) is 12.7 Å². The molecule has 1 heterocycles. The Labute approximate surface area is 104 Å². The standard InChI is InChI=1S/C13H12FN3O/c1-8-4-12(2-3-16-8)17-13(18)9-5-10(14)7-11(15)6-9/h2-7H,15H2,1H3,(H,16,17,18). The molecule has 0 atom stereocenters. The predicted molar refractivity (Wildman–Crippen MR) is 67.7 cm³/mol. The lowest BCUT2D eigenvalue weighted by atomic mass is 10.2. The number of halogens is 1. The van der Waals surface area contributed by atoms with Crippen LogP contribution in [-0.2, 0) is 0 Å². The molecule has 0 unspecified atom stereocenters. The number of nitrogen functional groups attached to an aromatic ring is 1. The first-order valence-electron chi connectivity index (χ1n) is 5.34. The number of hydrogen-bond donors (Lipinski definition) is 2. The van der Waals surface area contributed by atoms with E-state index >= 15 is 0 Å². The Morgan fingerprint density at radius 2 is 2.11 bits per heavy atom. The number of carbonyl (C=O) groups is 1. The lowest BCUT2D eigenvalue weighted by molar-refractivity contribution is 0.102. The Morgan fingerprint density at radius 3 is 2.78 bits per heavy atom. The van der Waals surface area contributed by atoms with Gasteiger partial charge in [0.15, 0.2) is 0 Å². The summed E-state index contributed by atoms with van der Waals surface area (Å²) in [4.78, 5) is 15.9. The second-order valence-corrected chi connectivity index (χ2v) is 3.91. The Morgan fingerprint density at radius 1 is 1.33 bits per heavy atom. The number of aromatic nitrogens is 1. The molecule has 0 aliphatic heterocycles. The Hall–Kier alpha value is -2.43. The second-order valence-electron chi connectivity index (χ2n) is 3.91. The van der Waals surface area contributed by atoms with E-state index in [0.717, 1.165) is 17.8 Å². The number of carbonyl (C=O) groups excluding carboxylic acids is 1. The van der Waals surface area contributed by atoms with E-state index in [0.29, 0.717) is 5.69 Å². The van der Waals surface area contributed by atoms with E-state index in [1.807, 2.05) is 6.92 Å². The molecule has 0 bridgehead atoms. The van der Waals surface area contributed by atoms with Gasteiger partial charge in [-0.2, -0.15) is 0 Å². The quantitative estimate of drug-likeness (QED) is 0.798. The van der Waals surface area contributed by atoms with Crippen molar-refractivity contribution in [3.05, 3.63) is 53.6 Å². The molecular formula is C13H12FN3O. The zero-order valence-electron chi connectivity index (χ0n) is 9.77. The Kier molecular flexibility index (Phi) is 3.23. The number of aryl methyl sites for hydroxylation is 1. The van der Waals surface area contributed by atoms with Crippen molar-refractivity contribution in [2.24, 2.45) is 0 Å². The third-order valence-electron chi connectivity index (χ3n) is 2.34. The van der Waals surface area contributed by atoms with E-state index in [2.05, 4.69) is 10.3 Å². The van der Waals surface area contributed by atoms with Crippen LogP contribution in [0.3, 0.4) is 0 Å². The van der Waals surface area contributed by atoms with Gasteiger partial charge in [0, 0.05) is 28.8 Å². The predicted octanol–water partition coefficient (Wildman–Crippen LogP) is 2.36. The summed E-state index contributed by atoms with van der Waals surface area (Å²) in [6.07, 6.45) is 1.59. The van der Waals surface area contributed by atoms with Crippen molar-refractivity contribution in [2.75, 3.05) is 11.1 Å². The molecule has 2 aromatic rings. The first-order chi connectivity index (χ1) is 8.54. The maximum Gasteiger partial charge on any atom is 0.255 e. The van der Waals surface area contributed by atoms with Crippen LogP contribution in [0.2, 0.25) is 0 Å². The van der Waals surface area contributed by atoms with Gasteiger partial charge in [-0.05, 0) is 37.3 Å². The van der Waals surface area contributed by atoms with Gasteiger partial charge in [0.1, 0.15) is 5.82 Å². The zero-order chi connectivity index (χ0) is 13.1. The summed E-state index contributed by atoms with van der Waals surface area (Å²) in [7, 11) is 0. The van der Waals surface area contributed by atoms with Gasteiger partial charge in [-0.3, -0.25) is 9.78 Å². The highest BCUT2D eigenvalue weighted by Crippen LogP contribution is 2.14. The molecule has 0 aliphatic rings. The third-order valence-corrected chi connectivity index (χ3v) is 2.34. The number of nitrogens with two attached hydrogens (primary N) is 1. The molecule has 0 radical (unpaired) electrons. The summed E-state index contributed by atoms with van der Waals surface area (Å²) in [6, 6.07) is 7.10. The van der Waals surface area contributed by atoms with Crippen molar-refractivity contribution in [1.29, 1.82) is 0 Å². The van der Waals surface area contributed by atoms with Crippen LogP contribution in [0.4, 0.5) is 15.8 Å². The summed E-state index contributed by atoms with van der Waals surface area (Å²) < 4.78 is 13.1. The highest BCUT2D eigenvalue weighted by molar-refractivity contribution is 6.04. The number of rotatable bonds is 2. The van der Waals surface area contributed by atoms with Gasteiger partial charge in [-0.1, -0.05) is 0 Å². The molecule has 0 fully saturated rings. The largest absolute Gasteiger partial charge is 0.399 e. The van der Waals surface area contributed by atoms with E-state index in [1.54, 1.807) is 18.3 Å². The van der Waals surface area contributed by atoms with Crippen molar-refractivity contribution in [3.63, 3.8) is 0 Å². The molecule has 0 saturated carbocycles. The fourth-order valence-electron chi connectivity index (χ4n) is 1.57. The molecule has 1 aromatic carbocycles. The number of anilines is 2. The molecule has 0 aliphatic carbocycles. The fraction of sp³-hybridized carbons (Fsp3) is 0.0769. The number of pyridine rings is 1. The van der Waals surface area contributed by atoms with Crippen LogP contribution in [0.25, 0.3) is 0 Å². The minimum absolute atomic E-state index is 0.182. The molecule has 5 heteroatoms. The highest BCUT2D eigenvalue weighted by Gasteiger charge is 2.08. The molecule has 1 amide bonds. The topological polar surface area (TPSA) is 68.0 Å². The summed E-state index contributed by atoms with van der Waals surface area (Å²) in [5.41, 5.74) is 7.27. The van der Waals surface area contributed by atoms with Crippen LogP contribution in [0.5, 0.6) is 0 Å². The molecule has 92 valence electrons. The monoisotopic (exact) mass is 245 g/mol. The van der Waals surface area contributed by atoms with Gasteiger partial charge in [0.25, 0.3) is 5.91 Å². The lowest BCUT2D eigenvalue weighted by Crippen LogP contribution is -2.12. The van der Waals surface area contributed by atoms with Gasteiger partial charge >= 0.3 is 0 Å². The maximum absolute atomic E-state index is 13.1. The summed E-state index contributed by atoms with van der Waals surface area (Å²) in [5, 5.41) is 2.65. The van der Waals surface area contributed by atoms with Crippen molar-refractivity contribution < 1.29 is 9.18 Å². The Bertz CT molecular complexity index is 578.